The van der Waals surface area contributed by atoms with Crippen LogP contribution in [0.3, 0.4) is 0 Å². The van der Waals surface area contributed by atoms with Crippen LogP contribution < -0.4 is 10.1 Å². The number of ketones is 1. The highest BCUT2D eigenvalue weighted by Crippen LogP contribution is 2.36. The predicted molar refractivity (Wildman–Crippen MR) is 140 cm³/mol. The van der Waals surface area contributed by atoms with Crippen LogP contribution in [0.4, 0.5) is 5.69 Å². The van der Waals surface area contributed by atoms with E-state index >= 15 is 0 Å². The zero-order valence-electron chi connectivity index (χ0n) is 20.1. The number of carbonyl (C=O) groups excluding carboxylic acids is 2. The molecule has 0 saturated heterocycles. The number of nitrogens with zero attached hydrogens (tertiary/aromatic N) is 2. The molecule has 4 rings (SSSR count). The Morgan fingerprint density at radius 2 is 1.74 bits per heavy atom. The summed E-state index contributed by atoms with van der Waals surface area (Å²) in [5.41, 5.74) is 3.97. The molecular formula is C29H31N3O3. The molecule has 0 bridgehead atoms. The minimum absolute atomic E-state index is 0.110. The van der Waals surface area contributed by atoms with Gasteiger partial charge in [0, 0.05) is 31.1 Å². The molecular weight excluding hydrogens is 438 g/mol. The van der Waals surface area contributed by atoms with Gasteiger partial charge in [-0.25, -0.2) is 0 Å². The van der Waals surface area contributed by atoms with Crippen LogP contribution in [-0.4, -0.2) is 49.7 Å². The molecule has 1 aliphatic carbocycles. The van der Waals surface area contributed by atoms with Crippen molar-refractivity contribution in [2.75, 3.05) is 32.1 Å². The summed E-state index contributed by atoms with van der Waals surface area (Å²) in [7, 11) is 1.76. The molecule has 0 spiro atoms. The highest BCUT2D eigenvalue weighted by atomic mass is 16.5. The van der Waals surface area contributed by atoms with E-state index in [2.05, 4.69) is 27.3 Å². The summed E-state index contributed by atoms with van der Waals surface area (Å²) in [6, 6.07) is 23.0. The molecule has 1 amide bonds. The summed E-state index contributed by atoms with van der Waals surface area (Å²) < 4.78 is 6.17. The molecule has 0 aromatic heterocycles. The number of hydrogen-bond donors (Lipinski definition) is 1. The summed E-state index contributed by atoms with van der Waals surface area (Å²) in [5.74, 6) is 0.475. The molecule has 6 heteroatoms. The van der Waals surface area contributed by atoms with Gasteiger partial charge in [-0.05, 0) is 54.7 Å². The monoisotopic (exact) mass is 469 g/mol. The second-order valence-electron chi connectivity index (χ2n) is 8.56. The smallest absolute Gasteiger partial charge is 0.255 e. The van der Waals surface area contributed by atoms with Crippen molar-refractivity contribution in [3.05, 3.63) is 95.1 Å². The van der Waals surface area contributed by atoms with Crippen LogP contribution in [0.1, 0.15) is 44.7 Å². The lowest BCUT2D eigenvalue weighted by Gasteiger charge is -2.23. The van der Waals surface area contributed by atoms with E-state index in [4.69, 9.17) is 4.74 Å². The van der Waals surface area contributed by atoms with Gasteiger partial charge in [-0.15, -0.1) is 0 Å². The fourth-order valence-corrected chi connectivity index (χ4v) is 4.32. The maximum Gasteiger partial charge on any atom is 0.255 e. The molecule has 3 aromatic carbocycles. The number of benzene rings is 3. The highest BCUT2D eigenvalue weighted by molar-refractivity contribution is 6.07. The second kappa shape index (κ2) is 12.0. The van der Waals surface area contributed by atoms with Crippen LogP contribution in [0.2, 0.25) is 0 Å². The first-order valence-electron chi connectivity index (χ1n) is 12.0. The minimum atomic E-state index is -0.218. The van der Waals surface area contributed by atoms with E-state index in [9.17, 15) is 9.59 Å². The fraction of sp³-hybridized carbons (Fsp3) is 0.276. The molecule has 0 radical (unpaired) electrons. The molecule has 0 aliphatic heterocycles. The summed E-state index contributed by atoms with van der Waals surface area (Å²) in [6.07, 6.45) is 4.77. The Hall–Kier alpha value is -3.93. The van der Waals surface area contributed by atoms with Crippen LogP contribution in [0.15, 0.2) is 77.8 Å². The van der Waals surface area contributed by atoms with E-state index in [1.54, 1.807) is 25.2 Å². The van der Waals surface area contributed by atoms with Gasteiger partial charge in [0.15, 0.2) is 5.78 Å². The van der Waals surface area contributed by atoms with Crippen LogP contribution in [0.25, 0.3) is 0 Å². The molecule has 3 aromatic rings. The summed E-state index contributed by atoms with van der Waals surface area (Å²) in [6.45, 7) is 1.88. The van der Waals surface area contributed by atoms with Crippen molar-refractivity contribution in [3.8, 4) is 5.75 Å². The highest BCUT2D eigenvalue weighted by Gasteiger charge is 2.24. The quantitative estimate of drug-likeness (QED) is 0.334. The van der Waals surface area contributed by atoms with Gasteiger partial charge in [-0.3, -0.25) is 14.6 Å². The van der Waals surface area contributed by atoms with E-state index in [0.29, 0.717) is 42.1 Å². The molecule has 1 N–H and O–H groups in total. The van der Waals surface area contributed by atoms with Gasteiger partial charge in [0.05, 0.1) is 18.6 Å². The molecule has 180 valence electrons. The van der Waals surface area contributed by atoms with Crippen molar-refractivity contribution in [1.29, 1.82) is 0 Å². The number of fused-ring (bicyclic) bond motifs is 1. The maximum absolute atomic E-state index is 12.9. The molecule has 0 saturated carbocycles. The maximum atomic E-state index is 12.9. The van der Waals surface area contributed by atoms with Gasteiger partial charge in [0.25, 0.3) is 5.91 Å². The van der Waals surface area contributed by atoms with Gasteiger partial charge >= 0.3 is 0 Å². The number of ether oxygens (including phenoxy) is 1. The first-order chi connectivity index (χ1) is 17.2. The fourth-order valence-electron chi connectivity index (χ4n) is 4.32. The minimum Gasteiger partial charge on any atom is -0.490 e. The normalized spacial score (nSPS) is 12.9. The van der Waals surface area contributed by atoms with Crippen molar-refractivity contribution >= 4 is 23.7 Å². The summed E-state index contributed by atoms with van der Waals surface area (Å²) in [5, 5.41) is 3.03. The van der Waals surface area contributed by atoms with Crippen LogP contribution >= 0.6 is 0 Å². The Morgan fingerprint density at radius 3 is 2.49 bits per heavy atom. The standard InChI is InChI=1S/C29H31N3O3/c1-30-21-32(18-17-22-9-4-2-5-10-22)19-20-35-27-16-15-24-25(13-8-14-26(24)33)28(27)31-29(34)23-11-6-3-7-12-23/h2-7,9-12,15-16,21H,8,13-14,17-20H2,1H3,(H,31,34). The van der Waals surface area contributed by atoms with Crippen LogP contribution in [0.5, 0.6) is 5.75 Å². The topological polar surface area (TPSA) is 71.0 Å². The third-order valence-corrected chi connectivity index (χ3v) is 6.13. The van der Waals surface area contributed by atoms with Crippen molar-refractivity contribution in [2.24, 2.45) is 4.99 Å². The largest absolute Gasteiger partial charge is 0.490 e. The number of hydrogen-bond acceptors (Lipinski definition) is 4. The van der Waals surface area contributed by atoms with E-state index in [1.807, 2.05) is 48.8 Å². The summed E-state index contributed by atoms with van der Waals surface area (Å²) >= 11 is 0. The zero-order valence-corrected chi connectivity index (χ0v) is 20.1. The lowest BCUT2D eigenvalue weighted by atomic mass is 9.89. The molecule has 0 fully saturated rings. The van der Waals surface area contributed by atoms with Crippen LogP contribution in [-0.2, 0) is 12.8 Å². The molecule has 6 nitrogen and oxygen atoms in total. The second-order valence-corrected chi connectivity index (χ2v) is 8.56. The summed E-state index contributed by atoms with van der Waals surface area (Å²) in [4.78, 5) is 31.7. The molecule has 1 aliphatic rings. The number of amides is 1. The van der Waals surface area contributed by atoms with Crippen molar-refractivity contribution < 1.29 is 14.3 Å². The van der Waals surface area contributed by atoms with E-state index in [0.717, 1.165) is 31.4 Å². The lowest BCUT2D eigenvalue weighted by Crippen LogP contribution is -2.29. The lowest BCUT2D eigenvalue weighted by molar-refractivity contribution is 0.0970. The van der Waals surface area contributed by atoms with E-state index in [1.165, 1.54) is 5.56 Å². The molecule has 0 atom stereocenters. The number of Topliss-reactive ketones (excluding diaryl/α,β-unsaturated/α-hetero) is 1. The molecule has 0 heterocycles. The molecule has 35 heavy (non-hydrogen) atoms. The Bertz CT molecular complexity index is 1180. The average Bonchev–Trinajstić information content (AvgIpc) is 2.89. The van der Waals surface area contributed by atoms with E-state index in [-0.39, 0.29) is 11.7 Å². The zero-order chi connectivity index (χ0) is 24.5. The Labute approximate surface area is 206 Å². The third-order valence-electron chi connectivity index (χ3n) is 6.13. The van der Waals surface area contributed by atoms with Gasteiger partial charge in [0.2, 0.25) is 0 Å². The Morgan fingerprint density at radius 1 is 1.00 bits per heavy atom. The Kier molecular flexibility index (Phi) is 8.28. The first kappa shape index (κ1) is 24.2. The van der Waals surface area contributed by atoms with Crippen molar-refractivity contribution in [3.63, 3.8) is 0 Å². The average molecular weight is 470 g/mol. The van der Waals surface area contributed by atoms with Gasteiger partial charge in [-0.1, -0.05) is 48.5 Å². The van der Waals surface area contributed by atoms with E-state index < -0.39 is 0 Å². The SMILES string of the molecule is CN=CN(CCOc1ccc2c(c1NC(=O)c1ccccc1)CCCC2=O)CCc1ccccc1. The molecule has 0 unspecified atom stereocenters. The van der Waals surface area contributed by atoms with Crippen LogP contribution in [0, 0.1) is 0 Å². The number of nitrogens with one attached hydrogen (secondary N) is 1. The first-order valence-corrected chi connectivity index (χ1v) is 12.0. The number of rotatable bonds is 10. The number of aliphatic imine (C=N–C) groups is 1. The number of carbonyl (C=O) groups is 2. The number of anilines is 1. The van der Waals surface area contributed by atoms with Gasteiger partial charge < -0.3 is 15.0 Å². The van der Waals surface area contributed by atoms with Crippen molar-refractivity contribution in [2.45, 2.75) is 25.7 Å². The van der Waals surface area contributed by atoms with Gasteiger partial charge in [0.1, 0.15) is 12.4 Å². The Balaban J connectivity index is 1.48. The van der Waals surface area contributed by atoms with Gasteiger partial charge in [-0.2, -0.15) is 0 Å². The third kappa shape index (κ3) is 6.35. The van der Waals surface area contributed by atoms with Crippen molar-refractivity contribution in [1.82, 2.24) is 4.90 Å². The predicted octanol–water partition coefficient (Wildman–Crippen LogP) is 5.04.